The Balaban J connectivity index is 0. The van der Waals surface area contributed by atoms with Gasteiger partial charge < -0.3 is 0 Å². The Kier molecular flexibility index (Phi) is 228. The van der Waals surface area contributed by atoms with Gasteiger partial charge in [-0.05, 0) is 0 Å². The third-order valence-corrected chi connectivity index (χ3v) is 0. The first-order valence-electron chi connectivity index (χ1n) is 0. The van der Waals surface area contributed by atoms with Crippen LogP contribution in [0.5, 0.6) is 0 Å². The van der Waals surface area contributed by atoms with Crippen LogP contribution >= 0.6 is 0 Å². The molecule has 8 valence electrons. The van der Waals surface area contributed by atoms with Gasteiger partial charge in [0, 0.05) is 157 Å². The molecule has 0 aliphatic heterocycles. The van der Waals surface area contributed by atoms with Crippen LogP contribution in [-0.4, -0.2) is 118 Å². The van der Waals surface area contributed by atoms with E-state index < -0.39 is 0 Å². The summed E-state index contributed by atoms with van der Waals surface area (Å²) in [7, 11) is 0. The van der Waals surface area contributed by atoms with E-state index in [1.807, 2.05) is 0 Å². The van der Waals surface area contributed by atoms with Gasteiger partial charge >= 0.3 is 0 Å². The van der Waals surface area contributed by atoms with Gasteiger partial charge in [-0.1, -0.05) is 0 Å². The van der Waals surface area contributed by atoms with Crippen LogP contribution in [0, 0.1) is 0 Å². The fraction of sp³-hybridized carbons (Fsp3) is 0. The van der Waals surface area contributed by atoms with Crippen LogP contribution < -0.4 is 0 Å². The van der Waals surface area contributed by atoms with E-state index in [1.165, 1.54) is 0 Å². The van der Waals surface area contributed by atoms with Crippen molar-refractivity contribution in [3.05, 3.63) is 0 Å². The van der Waals surface area contributed by atoms with Crippen LogP contribution in [0.2, 0.25) is 0 Å². The first-order valence-corrected chi connectivity index (χ1v) is 0. The van der Waals surface area contributed by atoms with Crippen molar-refractivity contribution < 1.29 is 39.0 Å². The molecule has 0 aromatic rings. The van der Waals surface area contributed by atoms with Crippen molar-refractivity contribution in [3.63, 3.8) is 0 Å². The first kappa shape index (κ1) is 42.9. The van der Waals surface area contributed by atoms with Crippen LogP contribution in [0.3, 0.4) is 0 Å². The minimum atomic E-state index is 0. The number of hydrogen-bond donors (Lipinski definition) is 0. The molecule has 0 amide bonds. The molecular formula is Na4Zn2. The molecule has 0 unspecified atom stereocenters. The van der Waals surface area contributed by atoms with Crippen LogP contribution in [-0.2, 0) is 39.0 Å². The van der Waals surface area contributed by atoms with Gasteiger partial charge in [-0.3, -0.25) is 0 Å². The summed E-state index contributed by atoms with van der Waals surface area (Å²) < 4.78 is 0. The second-order valence-electron chi connectivity index (χ2n) is 0. The molecule has 0 saturated carbocycles. The zero-order chi connectivity index (χ0) is 0. The SMILES string of the molecule is [Na].[Na].[Na].[Na].[Zn].[Zn]. The van der Waals surface area contributed by atoms with Crippen LogP contribution in [0.25, 0.3) is 0 Å². The van der Waals surface area contributed by atoms with Gasteiger partial charge in [0.25, 0.3) is 0 Å². The van der Waals surface area contributed by atoms with Gasteiger partial charge in [-0.2, -0.15) is 0 Å². The minimum Gasteiger partial charge on any atom is 0 e. The molecule has 0 N–H and O–H groups in total. The number of hydrogen-bond acceptors (Lipinski definition) is 0. The molecule has 0 nitrogen and oxygen atoms in total. The largest absolute Gasteiger partial charge is 0 e. The third kappa shape index (κ3) is 22.8. The fourth-order valence-electron chi connectivity index (χ4n) is 0. The van der Waals surface area contributed by atoms with E-state index in [0.29, 0.717) is 0 Å². The molecule has 0 atom stereocenters. The smallest absolute Gasteiger partial charge is 0 e. The van der Waals surface area contributed by atoms with Crippen molar-refractivity contribution in [2.45, 2.75) is 0 Å². The second kappa shape index (κ2) is 31.8. The molecule has 4 radical (unpaired) electrons. The molecule has 6 heavy (non-hydrogen) atoms. The summed E-state index contributed by atoms with van der Waals surface area (Å²) in [5, 5.41) is 0. The third-order valence-electron chi connectivity index (χ3n) is 0. The molecule has 0 saturated heterocycles. The summed E-state index contributed by atoms with van der Waals surface area (Å²) in [5.41, 5.74) is 0. The molecule has 0 fully saturated rings. The zero-order valence-corrected chi connectivity index (χ0v) is 19.3. The summed E-state index contributed by atoms with van der Waals surface area (Å²) in [6.45, 7) is 0. The molecule has 0 aromatic carbocycles. The Morgan fingerprint density at radius 3 is 0.333 bits per heavy atom. The Hall–Kier alpha value is 5.25. The maximum absolute atomic E-state index is 0. The quantitative estimate of drug-likeness (QED) is 0.437. The topological polar surface area (TPSA) is 0 Å². The van der Waals surface area contributed by atoms with Crippen molar-refractivity contribution in [1.29, 1.82) is 0 Å². The normalized spacial score (nSPS) is 0. The van der Waals surface area contributed by atoms with E-state index >= 15 is 0 Å². The standard InChI is InChI=1S/4Na.2Zn. The maximum atomic E-state index is 0. The zero-order valence-electron chi connectivity index (χ0n) is 5.41. The molecule has 0 heterocycles. The summed E-state index contributed by atoms with van der Waals surface area (Å²) in [4.78, 5) is 0. The Bertz CT molecular complexity index is 5.51. The molecule has 6 heteroatoms. The summed E-state index contributed by atoms with van der Waals surface area (Å²) in [6, 6.07) is 0. The van der Waals surface area contributed by atoms with E-state index in [-0.39, 0.29) is 157 Å². The Morgan fingerprint density at radius 2 is 0.333 bits per heavy atom. The van der Waals surface area contributed by atoms with Gasteiger partial charge in [0.2, 0.25) is 0 Å². The van der Waals surface area contributed by atoms with Crippen molar-refractivity contribution in [2.75, 3.05) is 0 Å². The first-order chi connectivity index (χ1) is 0. The van der Waals surface area contributed by atoms with Crippen molar-refractivity contribution in [1.82, 2.24) is 0 Å². The molecule has 0 bridgehead atoms. The Labute approximate surface area is 153 Å². The fourth-order valence-corrected chi connectivity index (χ4v) is 0. The summed E-state index contributed by atoms with van der Waals surface area (Å²) in [5.74, 6) is 0. The second-order valence-corrected chi connectivity index (χ2v) is 0. The molecule has 0 spiro atoms. The average Bonchev–Trinajstić information content (AvgIpc) is 0. The minimum absolute atomic E-state index is 0. The molecule has 0 aromatic heterocycles. The Morgan fingerprint density at radius 1 is 0.333 bits per heavy atom. The molecule has 0 rings (SSSR count). The summed E-state index contributed by atoms with van der Waals surface area (Å²) in [6.07, 6.45) is 0. The molecular weight excluding hydrogens is 223 g/mol. The van der Waals surface area contributed by atoms with Crippen LogP contribution in [0.15, 0.2) is 0 Å². The van der Waals surface area contributed by atoms with E-state index in [2.05, 4.69) is 0 Å². The monoisotopic (exact) mass is 220 g/mol. The average molecular weight is 223 g/mol. The van der Waals surface area contributed by atoms with Gasteiger partial charge in [-0.25, -0.2) is 0 Å². The summed E-state index contributed by atoms with van der Waals surface area (Å²) >= 11 is 0. The van der Waals surface area contributed by atoms with E-state index in [0.717, 1.165) is 0 Å². The van der Waals surface area contributed by atoms with Crippen LogP contribution in [0.4, 0.5) is 0 Å². The van der Waals surface area contributed by atoms with Gasteiger partial charge in [-0.15, -0.1) is 0 Å². The predicted octanol–water partition coefficient (Wildman–Crippen LogP) is -1.53. The van der Waals surface area contributed by atoms with Gasteiger partial charge in [0.15, 0.2) is 0 Å². The molecule has 0 aliphatic carbocycles. The van der Waals surface area contributed by atoms with E-state index in [4.69, 9.17) is 0 Å². The van der Waals surface area contributed by atoms with Gasteiger partial charge in [0.05, 0.1) is 0 Å². The van der Waals surface area contributed by atoms with E-state index in [9.17, 15) is 0 Å². The predicted molar refractivity (Wildman–Crippen MR) is 23.0 cm³/mol. The van der Waals surface area contributed by atoms with E-state index in [1.54, 1.807) is 0 Å². The number of rotatable bonds is 0. The van der Waals surface area contributed by atoms with Crippen molar-refractivity contribution in [2.24, 2.45) is 0 Å². The molecule has 0 aliphatic rings. The van der Waals surface area contributed by atoms with Crippen molar-refractivity contribution in [3.8, 4) is 0 Å². The van der Waals surface area contributed by atoms with Gasteiger partial charge in [0.1, 0.15) is 0 Å². The van der Waals surface area contributed by atoms with Crippen LogP contribution in [0.1, 0.15) is 0 Å². The van der Waals surface area contributed by atoms with Crippen molar-refractivity contribution >= 4 is 118 Å². The maximum Gasteiger partial charge on any atom is 0 e.